The van der Waals surface area contributed by atoms with E-state index in [1.54, 1.807) is 12.1 Å². The van der Waals surface area contributed by atoms with E-state index >= 15 is 0 Å². The van der Waals surface area contributed by atoms with Crippen molar-refractivity contribution in [3.63, 3.8) is 0 Å². The molecule has 3 aromatic carbocycles. The zero-order chi connectivity index (χ0) is 19.9. The van der Waals surface area contributed by atoms with Crippen LogP contribution in [0.2, 0.25) is 0 Å². The van der Waals surface area contributed by atoms with Gasteiger partial charge in [-0.3, -0.25) is 10.2 Å². The van der Waals surface area contributed by atoms with Crippen molar-refractivity contribution < 1.29 is 9.09 Å². The molecule has 0 saturated heterocycles. The van der Waals surface area contributed by atoms with E-state index in [0.29, 0.717) is 18.6 Å². The van der Waals surface area contributed by atoms with Gasteiger partial charge < -0.3 is 4.52 Å². The molecular formula is C24H23N2O2P. The molecule has 0 radical (unpaired) electrons. The van der Waals surface area contributed by atoms with Crippen LogP contribution < -0.4 is 14.7 Å². The van der Waals surface area contributed by atoms with Crippen LogP contribution in [0.1, 0.15) is 11.1 Å². The van der Waals surface area contributed by atoms with Gasteiger partial charge in [0, 0.05) is 24.2 Å². The number of hydrogen-bond acceptors (Lipinski definition) is 2. The van der Waals surface area contributed by atoms with Gasteiger partial charge in [-0.1, -0.05) is 78.9 Å². The Morgan fingerprint density at radius 2 is 1.03 bits per heavy atom. The second-order valence-electron chi connectivity index (χ2n) is 6.89. The molecular weight excluding hydrogens is 379 g/mol. The maximum Gasteiger partial charge on any atom is 0.443 e. The number of allylic oxidation sites excluding steroid dienone is 4. The van der Waals surface area contributed by atoms with Crippen LogP contribution in [0.25, 0.3) is 0 Å². The van der Waals surface area contributed by atoms with Gasteiger partial charge in [0.15, 0.2) is 0 Å². The van der Waals surface area contributed by atoms with Gasteiger partial charge in [0.2, 0.25) is 0 Å². The summed E-state index contributed by atoms with van der Waals surface area (Å²) in [6.45, 7) is 0. The Balaban J connectivity index is 1.62. The molecule has 1 aliphatic rings. The van der Waals surface area contributed by atoms with Gasteiger partial charge in [-0.25, -0.2) is 4.57 Å². The SMILES string of the molecule is O=P1(Oc2ccccc2)NC(Cc2ccccc2)=CC=C(Cc2ccccc2)N1. The standard InChI is InChI=1S/C24H23N2O2P/c27-29(28-24-14-8-3-9-15-24)25-22(18-20-10-4-1-5-11-20)16-17-23(26-29)19-21-12-6-2-7-13-21/h1-17H,18-19H2,(H2,25,26,27). The van der Waals surface area contributed by atoms with E-state index in [4.69, 9.17) is 4.52 Å². The third-order valence-electron chi connectivity index (χ3n) is 4.52. The van der Waals surface area contributed by atoms with Gasteiger partial charge in [-0.15, -0.1) is 0 Å². The average Bonchev–Trinajstić information content (AvgIpc) is 2.88. The molecule has 1 heterocycles. The van der Waals surface area contributed by atoms with Gasteiger partial charge in [0.25, 0.3) is 0 Å². The molecule has 3 aromatic rings. The summed E-state index contributed by atoms with van der Waals surface area (Å²) < 4.78 is 19.6. The van der Waals surface area contributed by atoms with Crippen molar-refractivity contribution >= 4 is 7.67 Å². The highest BCUT2D eigenvalue weighted by Gasteiger charge is 2.28. The predicted octanol–water partition coefficient (Wildman–Crippen LogP) is 5.62. The highest BCUT2D eigenvalue weighted by molar-refractivity contribution is 7.55. The molecule has 0 aromatic heterocycles. The predicted molar refractivity (Wildman–Crippen MR) is 117 cm³/mol. The van der Waals surface area contributed by atoms with Crippen LogP contribution in [0.5, 0.6) is 5.75 Å². The summed E-state index contributed by atoms with van der Waals surface area (Å²) in [7, 11) is -3.40. The van der Waals surface area contributed by atoms with Crippen LogP contribution in [0.15, 0.2) is 115 Å². The first-order valence-corrected chi connectivity index (χ1v) is 11.2. The highest BCUT2D eigenvalue weighted by atomic mass is 31.2. The zero-order valence-corrected chi connectivity index (χ0v) is 16.9. The van der Waals surface area contributed by atoms with Crippen molar-refractivity contribution in [2.45, 2.75) is 12.8 Å². The molecule has 4 nitrogen and oxygen atoms in total. The second-order valence-corrected chi connectivity index (χ2v) is 8.62. The molecule has 0 spiro atoms. The van der Waals surface area contributed by atoms with Crippen molar-refractivity contribution in [3.05, 3.63) is 126 Å². The summed E-state index contributed by atoms with van der Waals surface area (Å²) in [5.74, 6) is 0.552. The Bertz CT molecular complexity index is 985. The van der Waals surface area contributed by atoms with E-state index in [9.17, 15) is 4.57 Å². The molecule has 146 valence electrons. The largest absolute Gasteiger partial charge is 0.443 e. The van der Waals surface area contributed by atoms with Crippen LogP contribution >= 0.6 is 7.67 Å². The molecule has 0 fully saturated rings. The fraction of sp³-hybridized carbons (Fsp3) is 0.0833. The Morgan fingerprint density at radius 3 is 1.48 bits per heavy atom. The number of nitrogens with one attached hydrogen (secondary N) is 2. The Labute approximate surface area is 171 Å². The third-order valence-corrected chi connectivity index (χ3v) is 6.15. The quantitative estimate of drug-likeness (QED) is 0.526. The lowest BCUT2D eigenvalue weighted by atomic mass is 10.1. The van der Waals surface area contributed by atoms with Gasteiger partial charge in [-0.2, -0.15) is 0 Å². The number of para-hydroxylation sites is 1. The van der Waals surface area contributed by atoms with Gasteiger partial charge in [-0.05, 0) is 35.4 Å². The highest BCUT2D eigenvalue weighted by Crippen LogP contribution is 2.42. The van der Waals surface area contributed by atoms with Crippen LogP contribution in [0, 0.1) is 0 Å². The molecule has 0 amide bonds. The van der Waals surface area contributed by atoms with Crippen molar-refractivity contribution in [1.82, 2.24) is 10.2 Å². The molecule has 2 N–H and O–H groups in total. The Kier molecular flexibility index (Phi) is 5.83. The maximum absolute atomic E-state index is 13.7. The minimum absolute atomic E-state index is 0.552. The van der Waals surface area contributed by atoms with Crippen LogP contribution in [-0.4, -0.2) is 0 Å². The molecule has 0 unspecified atom stereocenters. The van der Waals surface area contributed by atoms with Crippen LogP contribution in [-0.2, 0) is 17.4 Å². The summed E-state index contributed by atoms with van der Waals surface area (Å²) in [4.78, 5) is 0. The van der Waals surface area contributed by atoms with Gasteiger partial charge in [0.1, 0.15) is 5.75 Å². The van der Waals surface area contributed by atoms with Crippen molar-refractivity contribution in [2.75, 3.05) is 0 Å². The Hall–Kier alpha value is -3.23. The molecule has 29 heavy (non-hydrogen) atoms. The number of rotatable bonds is 6. The minimum Gasteiger partial charge on any atom is -0.414 e. The summed E-state index contributed by atoms with van der Waals surface area (Å²) in [6, 6.07) is 29.4. The first kappa shape index (κ1) is 19.1. The molecule has 0 bridgehead atoms. The zero-order valence-electron chi connectivity index (χ0n) is 16.0. The smallest absolute Gasteiger partial charge is 0.414 e. The van der Waals surface area contributed by atoms with E-state index in [1.807, 2.05) is 66.7 Å². The lowest BCUT2D eigenvalue weighted by Crippen LogP contribution is -2.25. The van der Waals surface area contributed by atoms with Gasteiger partial charge in [0.05, 0.1) is 0 Å². The van der Waals surface area contributed by atoms with Crippen LogP contribution in [0.3, 0.4) is 0 Å². The lowest BCUT2D eigenvalue weighted by molar-refractivity contribution is 0.463. The van der Waals surface area contributed by atoms with Crippen molar-refractivity contribution in [3.8, 4) is 5.75 Å². The van der Waals surface area contributed by atoms with E-state index in [2.05, 4.69) is 34.4 Å². The number of hydrogen-bond donors (Lipinski definition) is 2. The summed E-state index contributed by atoms with van der Waals surface area (Å²) >= 11 is 0. The van der Waals surface area contributed by atoms with E-state index in [-0.39, 0.29) is 0 Å². The van der Waals surface area contributed by atoms with Crippen LogP contribution in [0.4, 0.5) is 0 Å². The molecule has 1 aliphatic heterocycles. The maximum atomic E-state index is 13.7. The van der Waals surface area contributed by atoms with E-state index < -0.39 is 7.67 Å². The van der Waals surface area contributed by atoms with E-state index in [0.717, 1.165) is 22.5 Å². The molecule has 4 rings (SSSR count). The molecule has 5 heteroatoms. The average molecular weight is 402 g/mol. The lowest BCUT2D eigenvalue weighted by Gasteiger charge is -2.23. The molecule has 0 atom stereocenters. The van der Waals surface area contributed by atoms with Crippen molar-refractivity contribution in [2.24, 2.45) is 0 Å². The fourth-order valence-corrected chi connectivity index (χ4v) is 4.81. The summed E-state index contributed by atoms with van der Waals surface area (Å²) in [5, 5.41) is 6.27. The minimum atomic E-state index is -3.40. The van der Waals surface area contributed by atoms with Gasteiger partial charge >= 0.3 is 7.67 Å². The Morgan fingerprint density at radius 1 is 0.621 bits per heavy atom. The normalized spacial score (nSPS) is 15.2. The molecule has 0 saturated carbocycles. The summed E-state index contributed by atoms with van der Waals surface area (Å²) in [5.41, 5.74) is 3.95. The number of benzene rings is 3. The summed E-state index contributed by atoms with van der Waals surface area (Å²) in [6.07, 6.45) is 5.23. The fourth-order valence-electron chi connectivity index (χ4n) is 3.19. The first-order chi connectivity index (χ1) is 14.2. The monoisotopic (exact) mass is 402 g/mol. The first-order valence-electron chi connectivity index (χ1n) is 9.57. The topological polar surface area (TPSA) is 50.4 Å². The second kappa shape index (κ2) is 8.85. The third kappa shape index (κ3) is 5.40. The molecule has 0 aliphatic carbocycles. The van der Waals surface area contributed by atoms with E-state index in [1.165, 1.54) is 0 Å². The van der Waals surface area contributed by atoms with Crippen molar-refractivity contribution in [1.29, 1.82) is 0 Å².